The number of ether oxygens (including phenoxy) is 1. The minimum absolute atomic E-state index is 0.0213. The van der Waals surface area contributed by atoms with Crippen molar-refractivity contribution in [1.29, 1.82) is 0 Å². The first-order chi connectivity index (χ1) is 13.0. The summed E-state index contributed by atoms with van der Waals surface area (Å²) in [5.74, 6) is 1.62. The highest BCUT2D eigenvalue weighted by Gasteiger charge is 2.14. The topological polar surface area (TPSA) is 80.9 Å². The number of para-hydroxylation sites is 2. The Balaban J connectivity index is 1.66. The normalized spacial score (nSPS) is 11.8. The van der Waals surface area contributed by atoms with Gasteiger partial charge in [0, 0.05) is 5.02 Å². The molecule has 2 aromatic carbocycles. The molecule has 0 bridgehead atoms. The lowest BCUT2D eigenvalue weighted by Gasteiger charge is -2.05. The van der Waals surface area contributed by atoms with Crippen LogP contribution in [0.15, 0.2) is 75.0 Å². The Morgan fingerprint density at radius 3 is 2.59 bits per heavy atom. The van der Waals surface area contributed by atoms with Crippen molar-refractivity contribution in [3.05, 3.63) is 77.2 Å². The molecule has 0 unspecified atom stereocenters. The van der Waals surface area contributed by atoms with Crippen LogP contribution in [0.3, 0.4) is 0 Å². The second kappa shape index (κ2) is 8.39. The molecule has 0 aliphatic heterocycles. The van der Waals surface area contributed by atoms with Gasteiger partial charge in [-0.15, -0.1) is 0 Å². The number of furan rings is 1. The van der Waals surface area contributed by atoms with Crippen LogP contribution < -0.4 is 9.46 Å². The first-order valence-electron chi connectivity index (χ1n) is 7.99. The van der Waals surface area contributed by atoms with Gasteiger partial charge in [0.05, 0.1) is 24.8 Å². The summed E-state index contributed by atoms with van der Waals surface area (Å²) >= 11 is 5.78. The fourth-order valence-electron chi connectivity index (χ4n) is 2.29. The van der Waals surface area contributed by atoms with Gasteiger partial charge in [0.15, 0.2) is 0 Å². The van der Waals surface area contributed by atoms with Crippen LogP contribution in [0.1, 0.15) is 11.5 Å². The highest BCUT2D eigenvalue weighted by molar-refractivity contribution is 7.89. The fraction of sp³-hybridized carbons (Fsp3) is 0.105. The maximum Gasteiger partial charge on any atom is 0.240 e. The van der Waals surface area contributed by atoms with E-state index in [1.54, 1.807) is 25.5 Å². The lowest BCUT2D eigenvalue weighted by atomic mass is 10.3. The van der Waals surface area contributed by atoms with E-state index in [2.05, 4.69) is 9.71 Å². The van der Waals surface area contributed by atoms with Gasteiger partial charge >= 0.3 is 0 Å². The van der Waals surface area contributed by atoms with Crippen LogP contribution in [0.5, 0.6) is 5.75 Å². The second-order valence-corrected chi connectivity index (χ2v) is 7.72. The number of nitrogens with one attached hydrogen (secondary N) is 1. The molecule has 0 aliphatic rings. The number of halogens is 1. The largest absolute Gasteiger partial charge is 0.494 e. The fourth-order valence-corrected chi connectivity index (χ4v) is 3.41. The van der Waals surface area contributed by atoms with E-state index < -0.39 is 10.0 Å². The highest BCUT2D eigenvalue weighted by Crippen LogP contribution is 2.26. The molecule has 0 saturated carbocycles. The maximum absolute atomic E-state index is 12.3. The first kappa shape index (κ1) is 19.2. The van der Waals surface area contributed by atoms with Crippen molar-refractivity contribution in [2.45, 2.75) is 11.4 Å². The van der Waals surface area contributed by atoms with Crippen LogP contribution in [0, 0.1) is 0 Å². The summed E-state index contributed by atoms with van der Waals surface area (Å²) in [6, 6.07) is 16.7. The summed E-state index contributed by atoms with van der Waals surface area (Å²) in [5, 5.41) is 0.471. The third-order valence-corrected chi connectivity index (χ3v) is 5.33. The molecule has 0 spiro atoms. The van der Waals surface area contributed by atoms with Gasteiger partial charge in [-0.3, -0.25) is 0 Å². The Kier molecular flexibility index (Phi) is 5.95. The molecule has 140 valence electrons. The zero-order valence-electron chi connectivity index (χ0n) is 14.4. The molecular formula is C19H17ClN2O4S. The third kappa shape index (κ3) is 4.97. The molecule has 0 saturated heterocycles. The quantitative estimate of drug-likeness (QED) is 0.599. The van der Waals surface area contributed by atoms with E-state index in [0.29, 0.717) is 28.0 Å². The van der Waals surface area contributed by atoms with E-state index in [-0.39, 0.29) is 11.4 Å². The summed E-state index contributed by atoms with van der Waals surface area (Å²) in [7, 11) is -2.07. The van der Waals surface area contributed by atoms with Gasteiger partial charge in [0.2, 0.25) is 10.0 Å². The van der Waals surface area contributed by atoms with Crippen molar-refractivity contribution in [2.24, 2.45) is 4.99 Å². The number of methoxy groups -OCH3 is 1. The van der Waals surface area contributed by atoms with Crippen LogP contribution in [-0.2, 0) is 16.6 Å². The van der Waals surface area contributed by atoms with Crippen LogP contribution in [0.4, 0.5) is 5.69 Å². The number of hydrogen-bond donors (Lipinski definition) is 1. The molecule has 27 heavy (non-hydrogen) atoms. The molecule has 1 aromatic heterocycles. The smallest absolute Gasteiger partial charge is 0.240 e. The molecule has 0 atom stereocenters. The van der Waals surface area contributed by atoms with Crippen LogP contribution in [0.25, 0.3) is 0 Å². The van der Waals surface area contributed by atoms with Gasteiger partial charge in [-0.2, -0.15) is 0 Å². The molecule has 3 rings (SSSR count). The maximum atomic E-state index is 12.3. The molecule has 8 heteroatoms. The van der Waals surface area contributed by atoms with Crippen molar-refractivity contribution in [2.75, 3.05) is 7.11 Å². The van der Waals surface area contributed by atoms with Crippen molar-refractivity contribution in [1.82, 2.24) is 4.72 Å². The van der Waals surface area contributed by atoms with E-state index in [4.69, 9.17) is 20.8 Å². The first-order valence-corrected chi connectivity index (χ1v) is 9.85. The molecule has 0 radical (unpaired) electrons. The van der Waals surface area contributed by atoms with E-state index in [9.17, 15) is 8.42 Å². The number of aliphatic imine (C=N–C) groups is 1. The third-order valence-electron chi connectivity index (χ3n) is 3.66. The Morgan fingerprint density at radius 2 is 1.85 bits per heavy atom. The predicted octanol–water partition coefficient (Wildman–Crippen LogP) is 4.17. The van der Waals surface area contributed by atoms with Gasteiger partial charge < -0.3 is 9.15 Å². The molecule has 1 N–H and O–H groups in total. The van der Waals surface area contributed by atoms with E-state index in [1.165, 1.54) is 24.3 Å². The minimum atomic E-state index is -3.65. The SMILES string of the molecule is COc1ccccc1N=Cc1ccc(CNS(=O)(=O)c2ccc(Cl)cc2)o1. The second-order valence-electron chi connectivity index (χ2n) is 5.51. The van der Waals surface area contributed by atoms with Crippen molar-refractivity contribution in [3.8, 4) is 5.75 Å². The van der Waals surface area contributed by atoms with Crippen molar-refractivity contribution >= 4 is 33.5 Å². The lowest BCUT2D eigenvalue weighted by molar-refractivity contribution is 0.416. The predicted molar refractivity (Wildman–Crippen MR) is 104 cm³/mol. The van der Waals surface area contributed by atoms with Gasteiger partial charge in [0.1, 0.15) is 23.0 Å². The summed E-state index contributed by atoms with van der Waals surface area (Å²) in [6.07, 6.45) is 1.55. The Labute approximate surface area is 162 Å². The minimum Gasteiger partial charge on any atom is -0.494 e. The molecule has 0 aliphatic carbocycles. The van der Waals surface area contributed by atoms with Crippen molar-refractivity contribution < 1.29 is 17.6 Å². The van der Waals surface area contributed by atoms with Crippen LogP contribution in [0.2, 0.25) is 5.02 Å². The molecular weight excluding hydrogens is 388 g/mol. The average molecular weight is 405 g/mol. The van der Waals surface area contributed by atoms with Gasteiger partial charge in [0.25, 0.3) is 0 Å². The Hall–Kier alpha value is -2.61. The van der Waals surface area contributed by atoms with E-state index in [0.717, 1.165) is 0 Å². The molecule has 6 nitrogen and oxygen atoms in total. The van der Waals surface area contributed by atoms with E-state index in [1.807, 2.05) is 24.3 Å². The summed E-state index contributed by atoms with van der Waals surface area (Å²) in [6.45, 7) is 0.0213. The van der Waals surface area contributed by atoms with Crippen LogP contribution in [-0.4, -0.2) is 21.7 Å². The van der Waals surface area contributed by atoms with E-state index >= 15 is 0 Å². The monoisotopic (exact) mass is 404 g/mol. The van der Waals surface area contributed by atoms with Crippen molar-refractivity contribution in [3.63, 3.8) is 0 Å². The zero-order valence-corrected chi connectivity index (χ0v) is 16.0. The molecule has 0 amide bonds. The number of nitrogens with zero attached hydrogens (tertiary/aromatic N) is 1. The van der Waals surface area contributed by atoms with Crippen LogP contribution >= 0.6 is 11.6 Å². The number of benzene rings is 2. The van der Waals surface area contributed by atoms with Gasteiger partial charge in [-0.25, -0.2) is 18.1 Å². The Morgan fingerprint density at radius 1 is 1.11 bits per heavy atom. The zero-order chi connectivity index (χ0) is 19.3. The highest BCUT2D eigenvalue weighted by atomic mass is 35.5. The summed E-state index contributed by atoms with van der Waals surface area (Å²) < 4.78 is 37.9. The molecule has 0 fully saturated rings. The molecule has 3 aromatic rings. The Bertz CT molecular complexity index is 1040. The average Bonchev–Trinajstić information content (AvgIpc) is 3.13. The molecule has 1 heterocycles. The van der Waals surface area contributed by atoms with Gasteiger partial charge in [-0.1, -0.05) is 23.7 Å². The number of hydrogen-bond acceptors (Lipinski definition) is 5. The summed E-state index contributed by atoms with van der Waals surface area (Å²) in [4.78, 5) is 4.47. The standard InChI is InChI=1S/C19H17ClN2O4S/c1-25-19-5-3-2-4-18(19)21-12-15-8-9-16(26-15)13-22-27(23,24)17-10-6-14(20)7-11-17/h2-12,22H,13H2,1H3. The summed E-state index contributed by atoms with van der Waals surface area (Å²) in [5.41, 5.74) is 0.668. The lowest BCUT2D eigenvalue weighted by Crippen LogP contribution is -2.22. The number of rotatable bonds is 7. The number of sulfonamides is 1. The van der Waals surface area contributed by atoms with Gasteiger partial charge in [-0.05, 0) is 48.5 Å².